The third-order valence-corrected chi connectivity index (χ3v) is 4.70. The maximum absolute atomic E-state index is 12.6. The van der Waals surface area contributed by atoms with Crippen molar-refractivity contribution in [3.8, 4) is 5.75 Å². The second-order valence-corrected chi connectivity index (χ2v) is 17.0. The van der Waals surface area contributed by atoms with Gasteiger partial charge in [0.1, 0.15) is 11.8 Å². The van der Waals surface area contributed by atoms with Crippen LogP contribution in [0.2, 0.25) is 39.3 Å². The number of carbonyl (C=O) groups excluding carboxylic acids is 2. The van der Waals surface area contributed by atoms with Gasteiger partial charge in [0.05, 0.1) is 0 Å². The predicted octanol–water partition coefficient (Wildman–Crippen LogP) is 3.87. The van der Waals surface area contributed by atoms with E-state index in [1.54, 1.807) is 49.2 Å². The molecule has 1 atom stereocenters. The Morgan fingerprint density at radius 2 is 1.52 bits per heavy atom. The molecule has 152 valence electrons. The Labute approximate surface area is 159 Å². The van der Waals surface area contributed by atoms with Gasteiger partial charge in [0, 0.05) is 6.42 Å². The molecule has 5 nitrogen and oxygen atoms in total. The Kier molecular flexibility index (Phi) is 7.28. The Morgan fingerprint density at radius 1 is 1.00 bits per heavy atom. The molecule has 0 unspecified atom stereocenters. The maximum atomic E-state index is 12.6. The molecule has 0 aliphatic rings. The number of amides is 1. The summed E-state index contributed by atoms with van der Waals surface area (Å²) in [6, 6.07) is 5.28. The van der Waals surface area contributed by atoms with Crippen molar-refractivity contribution in [3.05, 3.63) is 29.8 Å². The molecule has 0 aromatic heterocycles. The van der Waals surface area contributed by atoms with Gasteiger partial charge in [-0.1, -0.05) is 12.1 Å². The van der Waals surface area contributed by atoms with E-state index < -0.39 is 40.7 Å². The van der Waals surface area contributed by atoms with Gasteiger partial charge in [0.25, 0.3) is 0 Å². The molecule has 0 spiro atoms. The van der Waals surface area contributed by atoms with Crippen LogP contribution in [0, 0.1) is 0 Å². The SMILES string of the molecule is C[Si](C)(C)OC(=O)[C@H](Cc1ccc(O[Si](C)(C)C)cc1)NC(=O)C(F)(F)F. The van der Waals surface area contributed by atoms with Gasteiger partial charge < -0.3 is 14.2 Å². The van der Waals surface area contributed by atoms with Crippen LogP contribution in [0.4, 0.5) is 13.2 Å². The fraction of sp³-hybridized carbons (Fsp3) is 0.529. The molecule has 27 heavy (non-hydrogen) atoms. The molecule has 10 heteroatoms. The first-order valence-corrected chi connectivity index (χ1v) is 15.3. The summed E-state index contributed by atoms with van der Waals surface area (Å²) in [5, 5.41) is 1.74. The molecule has 1 rings (SSSR count). The van der Waals surface area contributed by atoms with E-state index in [0.29, 0.717) is 11.3 Å². The lowest BCUT2D eigenvalue weighted by molar-refractivity contribution is -0.175. The van der Waals surface area contributed by atoms with E-state index in [1.807, 2.05) is 19.6 Å². The molecule has 0 radical (unpaired) electrons. The van der Waals surface area contributed by atoms with E-state index in [-0.39, 0.29) is 6.42 Å². The largest absolute Gasteiger partial charge is 0.544 e. The van der Waals surface area contributed by atoms with Gasteiger partial charge in [0.15, 0.2) is 0 Å². The topological polar surface area (TPSA) is 64.6 Å². The molecular weight excluding hydrogens is 395 g/mol. The zero-order chi connectivity index (χ0) is 21.0. The molecule has 0 aliphatic heterocycles. The van der Waals surface area contributed by atoms with E-state index in [4.69, 9.17) is 8.85 Å². The van der Waals surface area contributed by atoms with Crippen molar-refractivity contribution in [1.29, 1.82) is 0 Å². The van der Waals surface area contributed by atoms with E-state index in [1.165, 1.54) is 0 Å². The quantitative estimate of drug-likeness (QED) is 0.679. The summed E-state index contributed by atoms with van der Waals surface area (Å²) in [6.07, 6.45) is -5.19. The fourth-order valence-electron chi connectivity index (χ4n) is 2.09. The first-order valence-electron chi connectivity index (χ1n) is 8.45. The van der Waals surface area contributed by atoms with Crippen LogP contribution in [0.15, 0.2) is 24.3 Å². The zero-order valence-electron chi connectivity index (χ0n) is 16.4. The highest BCUT2D eigenvalue weighted by Gasteiger charge is 2.41. The molecule has 0 saturated heterocycles. The highest BCUT2D eigenvalue weighted by atomic mass is 28.4. The summed E-state index contributed by atoms with van der Waals surface area (Å²) in [6.45, 7) is 11.3. The number of benzene rings is 1. The van der Waals surface area contributed by atoms with Crippen LogP contribution in [0.5, 0.6) is 5.75 Å². The number of hydrogen-bond acceptors (Lipinski definition) is 4. The van der Waals surface area contributed by atoms with Crippen LogP contribution in [-0.4, -0.2) is 40.7 Å². The number of nitrogens with one attached hydrogen (secondary N) is 1. The van der Waals surface area contributed by atoms with E-state index in [9.17, 15) is 22.8 Å². The minimum atomic E-state index is -5.08. The Balaban J connectivity index is 2.96. The van der Waals surface area contributed by atoms with Crippen molar-refractivity contribution >= 4 is 28.5 Å². The van der Waals surface area contributed by atoms with E-state index in [2.05, 4.69) is 0 Å². The highest BCUT2D eigenvalue weighted by molar-refractivity contribution is 6.71. The molecule has 0 bridgehead atoms. The van der Waals surface area contributed by atoms with Crippen LogP contribution in [0.3, 0.4) is 0 Å². The van der Waals surface area contributed by atoms with Crippen molar-refractivity contribution in [2.75, 3.05) is 0 Å². The van der Waals surface area contributed by atoms with Crippen LogP contribution < -0.4 is 9.74 Å². The van der Waals surface area contributed by atoms with Crippen LogP contribution in [0.1, 0.15) is 5.56 Å². The standard InChI is InChI=1S/C17H26F3NO4Si2/c1-26(2,3)24-13-9-7-12(8-10-13)11-14(15(22)25-27(4,5)6)21-16(23)17(18,19)20/h7-10,14H,11H2,1-6H3,(H,21,23)/t14-/m0/s1. The van der Waals surface area contributed by atoms with Crippen molar-refractivity contribution in [1.82, 2.24) is 5.32 Å². The van der Waals surface area contributed by atoms with Gasteiger partial charge in [0.2, 0.25) is 16.6 Å². The van der Waals surface area contributed by atoms with Crippen molar-refractivity contribution in [2.45, 2.75) is 57.9 Å². The summed E-state index contributed by atoms with van der Waals surface area (Å²) in [5.41, 5.74) is 0.581. The molecule has 0 aliphatic carbocycles. The summed E-state index contributed by atoms with van der Waals surface area (Å²) >= 11 is 0. The lowest BCUT2D eigenvalue weighted by Crippen LogP contribution is -2.50. The Bertz CT molecular complexity index is 665. The minimum absolute atomic E-state index is 0.113. The number of alkyl halides is 3. The van der Waals surface area contributed by atoms with Crippen LogP contribution in [0.25, 0.3) is 0 Å². The second-order valence-electron chi connectivity index (χ2n) is 8.12. The third kappa shape index (κ3) is 9.09. The monoisotopic (exact) mass is 421 g/mol. The van der Waals surface area contributed by atoms with Gasteiger partial charge in [-0.25, -0.2) is 0 Å². The summed E-state index contributed by atoms with van der Waals surface area (Å²) in [4.78, 5) is 23.6. The van der Waals surface area contributed by atoms with Crippen molar-refractivity contribution in [2.24, 2.45) is 0 Å². The molecule has 0 fully saturated rings. The summed E-state index contributed by atoms with van der Waals surface area (Å²) < 4.78 is 48.9. The van der Waals surface area contributed by atoms with Gasteiger partial charge in [-0.3, -0.25) is 9.59 Å². The summed E-state index contributed by atoms with van der Waals surface area (Å²) in [7, 11) is -4.12. The lowest BCUT2D eigenvalue weighted by Gasteiger charge is -2.24. The van der Waals surface area contributed by atoms with Crippen molar-refractivity contribution < 1.29 is 31.6 Å². The summed E-state index contributed by atoms with van der Waals surface area (Å²) in [5.74, 6) is -2.38. The van der Waals surface area contributed by atoms with Gasteiger partial charge in [-0.05, 0) is 57.0 Å². The van der Waals surface area contributed by atoms with E-state index in [0.717, 1.165) is 0 Å². The predicted molar refractivity (Wildman–Crippen MR) is 102 cm³/mol. The molecular formula is C17H26F3NO4Si2. The zero-order valence-corrected chi connectivity index (χ0v) is 18.4. The molecule has 0 heterocycles. The minimum Gasteiger partial charge on any atom is -0.544 e. The van der Waals surface area contributed by atoms with Gasteiger partial charge in [-0.2, -0.15) is 13.2 Å². The Morgan fingerprint density at radius 3 is 1.93 bits per heavy atom. The number of carbonyl (C=O) groups is 2. The third-order valence-electron chi connectivity index (χ3n) is 3.04. The highest BCUT2D eigenvalue weighted by Crippen LogP contribution is 2.19. The molecule has 1 aromatic rings. The molecule has 0 saturated carbocycles. The number of rotatable bonds is 7. The fourth-order valence-corrected chi connectivity index (χ4v) is 3.68. The first kappa shape index (κ1) is 23.2. The number of halogens is 3. The smallest absolute Gasteiger partial charge is 0.471 e. The average Bonchev–Trinajstić information content (AvgIpc) is 2.44. The first-order chi connectivity index (χ1) is 12.1. The maximum Gasteiger partial charge on any atom is 0.471 e. The molecule has 1 amide bonds. The molecule has 1 N–H and O–H groups in total. The molecule has 1 aromatic carbocycles. The Hall–Kier alpha value is -1.82. The van der Waals surface area contributed by atoms with Gasteiger partial charge >= 0.3 is 18.1 Å². The van der Waals surface area contributed by atoms with Gasteiger partial charge in [-0.15, -0.1) is 0 Å². The van der Waals surface area contributed by atoms with E-state index >= 15 is 0 Å². The second kappa shape index (κ2) is 8.47. The van der Waals surface area contributed by atoms with Crippen LogP contribution in [-0.2, 0) is 20.4 Å². The lowest BCUT2D eigenvalue weighted by atomic mass is 10.1. The number of hydrogen-bond donors (Lipinski definition) is 1. The normalized spacial score (nSPS) is 13.7. The van der Waals surface area contributed by atoms with Crippen molar-refractivity contribution in [3.63, 3.8) is 0 Å². The average molecular weight is 422 g/mol. The van der Waals surface area contributed by atoms with Crippen LogP contribution >= 0.6 is 0 Å².